The summed E-state index contributed by atoms with van der Waals surface area (Å²) in [6, 6.07) is 0. The molecule has 0 radical (unpaired) electrons. The molecule has 2 atom stereocenters. The smallest absolute Gasteiger partial charge is 0.392 e. The quantitative estimate of drug-likeness (QED) is 0.842. The zero-order valence-electron chi connectivity index (χ0n) is 12.2. The van der Waals surface area contributed by atoms with Crippen molar-refractivity contribution in [1.82, 2.24) is 5.32 Å². The van der Waals surface area contributed by atoms with Gasteiger partial charge in [0.15, 0.2) is 0 Å². The van der Waals surface area contributed by atoms with Gasteiger partial charge < -0.3 is 10.4 Å². The lowest BCUT2D eigenvalue weighted by molar-refractivity contribution is -0.198. The molecule has 2 saturated carbocycles. The maximum Gasteiger partial charge on any atom is 0.392 e. The van der Waals surface area contributed by atoms with Gasteiger partial charge in [-0.25, -0.2) is 0 Å². The van der Waals surface area contributed by atoms with Gasteiger partial charge in [-0.05, 0) is 44.4 Å². The summed E-state index contributed by atoms with van der Waals surface area (Å²) < 4.78 is 38.9. The molecule has 2 unspecified atom stereocenters. The molecule has 21 heavy (non-hydrogen) atoms. The van der Waals surface area contributed by atoms with E-state index >= 15 is 0 Å². The molecule has 0 aliphatic heterocycles. The zero-order valence-corrected chi connectivity index (χ0v) is 12.2. The third-order valence-corrected chi connectivity index (χ3v) is 4.90. The van der Waals surface area contributed by atoms with E-state index in [1.165, 1.54) is 0 Å². The SMILES string of the molecule is O=C(NCC1CCC(O)CC1)C1CCCCC1C(F)(F)F. The number of nitrogens with one attached hydrogen (secondary N) is 1. The lowest BCUT2D eigenvalue weighted by Crippen LogP contribution is -2.44. The van der Waals surface area contributed by atoms with Crippen LogP contribution in [-0.4, -0.2) is 29.8 Å². The maximum absolute atomic E-state index is 13.0. The number of hydrogen-bond acceptors (Lipinski definition) is 2. The van der Waals surface area contributed by atoms with Crippen LogP contribution in [-0.2, 0) is 4.79 Å². The Kier molecular flexibility index (Phi) is 5.52. The van der Waals surface area contributed by atoms with Crippen molar-refractivity contribution < 1.29 is 23.1 Å². The van der Waals surface area contributed by atoms with Crippen molar-refractivity contribution in [3.63, 3.8) is 0 Å². The van der Waals surface area contributed by atoms with Gasteiger partial charge in [0.2, 0.25) is 5.91 Å². The third-order valence-electron chi connectivity index (χ3n) is 4.90. The van der Waals surface area contributed by atoms with Crippen LogP contribution in [0.5, 0.6) is 0 Å². The number of rotatable bonds is 3. The standard InChI is InChI=1S/C15H24F3NO2/c16-15(17,18)13-4-2-1-3-12(13)14(21)19-9-10-5-7-11(20)8-6-10/h10-13,20H,1-9H2,(H,19,21). The fourth-order valence-electron chi connectivity index (χ4n) is 3.56. The van der Waals surface area contributed by atoms with E-state index in [1.807, 2.05) is 0 Å². The fourth-order valence-corrected chi connectivity index (χ4v) is 3.56. The van der Waals surface area contributed by atoms with Gasteiger partial charge in [-0.15, -0.1) is 0 Å². The fraction of sp³-hybridized carbons (Fsp3) is 0.933. The first-order valence-corrected chi connectivity index (χ1v) is 7.90. The van der Waals surface area contributed by atoms with Crippen LogP contribution in [0.15, 0.2) is 0 Å². The molecule has 6 heteroatoms. The zero-order chi connectivity index (χ0) is 15.5. The second kappa shape index (κ2) is 6.99. The van der Waals surface area contributed by atoms with Crippen LogP contribution in [0.25, 0.3) is 0 Å². The predicted octanol–water partition coefficient (Wildman–Crippen LogP) is 3.02. The first-order chi connectivity index (χ1) is 9.88. The van der Waals surface area contributed by atoms with E-state index in [0.29, 0.717) is 25.8 Å². The molecule has 2 aliphatic carbocycles. The largest absolute Gasteiger partial charge is 0.393 e. The minimum absolute atomic E-state index is 0.0667. The Bertz CT molecular complexity index is 351. The average Bonchev–Trinajstić information content (AvgIpc) is 2.45. The monoisotopic (exact) mass is 307 g/mol. The second-order valence-electron chi connectivity index (χ2n) is 6.46. The lowest BCUT2D eigenvalue weighted by atomic mass is 9.78. The third kappa shape index (κ3) is 4.59. The van der Waals surface area contributed by atoms with Crippen LogP contribution in [0, 0.1) is 17.8 Å². The minimum atomic E-state index is -4.28. The normalized spacial score (nSPS) is 34.5. The summed E-state index contributed by atoms with van der Waals surface area (Å²) >= 11 is 0. The molecule has 0 saturated heterocycles. The van der Waals surface area contributed by atoms with Gasteiger partial charge in [-0.3, -0.25) is 4.79 Å². The van der Waals surface area contributed by atoms with Gasteiger partial charge in [-0.1, -0.05) is 12.8 Å². The summed E-state index contributed by atoms with van der Waals surface area (Å²) in [5.74, 6) is -2.57. The molecular formula is C15H24F3NO2. The van der Waals surface area contributed by atoms with Gasteiger partial charge in [-0.2, -0.15) is 13.2 Å². The molecule has 3 nitrogen and oxygen atoms in total. The van der Waals surface area contributed by atoms with Crippen molar-refractivity contribution in [2.45, 2.75) is 63.6 Å². The molecule has 0 heterocycles. The number of amides is 1. The van der Waals surface area contributed by atoms with Crippen molar-refractivity contribution >= 4 is 5.91 Å². The highest BCUT2D eigenvalue weighted by atomic mass is 19.4. The highest BCUT2D eigenvalue weighted by Gasteiger charge is 2.48. The Morgan fingerprint density at radius 2 is 1.67 bits per heavy atom. The van der Waals surface area contributed by atoms with E-state index in [2.05, 4.69) is 5.32 Å². The minimum Gasteiger partial charge on any atom is -0.393 e. The molecule has 2 aliphatic rings. The highest BCUT2D eigenvalue weighted by molar-refractivity contribution is 5.79. The number of hydrogen-bond donors (Lipinski definition) is 2. The lowest BCUT2D eigenvalue weighted by Gasteiger charge is -2.33. The van der Waals surface area contributed by atoms with Crippen LogP contribution < -0.4 is 5.32 Å². The van der Waals surface area contributed by atoms with E-state index in [-0.39, 0.29) is 18.4 Å². The Hall–Kier alpha value is -0.780. The highest BCUT2D eigenvalue weighted by Crippen LogP contribution is 2.41. The Morgan fingerprint density at radius 1 is 1.05 bits per heavy atom. The summed E-state index contributed by atoms with van der Waals surface area (Å²) in [6.45, 7) is 0.437. The summed E-state index contributed by atoms with van der Waals surface area (Å²) in [6.07, 6.45) is 0.196. The van der Waals surface area contributed by atoms with Crippen LogP contribution in [0.2, 0.25) is 0 Å². The molecule has 2 N–H and O–H groups in total. The number of aliphatic hydroxyl groups excluding tert-OH is 1. The van der Waals surface area contributed by atoms with Crippen LogP contribution in [0.3, 0.4) is 0 Å². The summed E-state index contributed by atoms with van der Waals surface area (Å²) in [5.41, 5.74) is 0. The first kappa shape index (κ1) is 16.6. The number of carbonyl (C=O) groups is 1. The Balaban J connectivity index is 1.83. The Morgan fingerprint density at radius 3 is 2.29 bits per heavy atom. The van der Waals surface area contributed by atoms with Crippen LogP contribution >= 0.6 is 0 Å². The summed E-state index contributed by atoms with van der Waals surface area (Å²) in [5, 5.41) is 12.1. The van der Waals surface area contributed by atoms with E-state index in [0.717, 1.165) is 25.7 Å². The van der Waals surface area contributed by atoms with Gasteiger partial charge in [0, 0.05) is 12.5 Å². The van der Waals surface area contributed by atoms with E-state index < -0.39 is 23.9 Å². The van der Waals surface area contributed by atoms with Gasteiger partial charge in [0.25, 0.3) is 0 Å². The van der Waals surface area contributed by atoms with Gasteiger partial charge in [0.05, 0.1) is 12.0 Å². The van der Waals surface area contributed by atoms with Crippen molar-refractivity contribution in [2.75, 3.05) is 6.54 Å². The molecule has 2 rings (SSSR count). The molecule has 0 aromatic heterocycles. The summed E-state index contributed by atoms with van der Waals surface area (Å²) in [4.78, 5) is 12.1. The number of alkyl halides is 3. The van der Waals surface area contributed by atoms with Gasteiger partial charge >= 0.3 is 6.18 Å². The second-order valence-corrected chi connectivity index (χ2v) is 6.46. The first-order valence-electron chi connectivity index (χ1n) is 7.90. The number of halogens is 3. The molecule has 1 amide bonds. The van der Waals surface area contributed by atoms with E-state index in [1.54, 1.807) is 0 Å². The summed E-state index contributed by atoms with van der Waals surface area (Å²) in [7, 11) is 0. The molecule has 0 aromatic carbocycles. The topological polar surface area (TPSA) is 49.3 Å². The van der Waals surface area contributed by atoms with Crippen LogP contribution in [0.1, 0.15) is 51.4 Å². The molecule has 0 spiro atoms. The van der Waals surface area contributed by atoms with Crippen molar-refractivity contribution in [1.29, 1.82) is 0 Å². The number of aliphatic hydroxyl groups is 1. The Labute approximate surface area is 123 Å². The van der Waals surface area contributed by atoms with Crippen molar-refractivity contribution in [2.24, 2.45) is 17.8 Å². The molecule has 122 valence electrons. The maximum atomic E-state index is 13.0. The van der Waals surface area contributed by atoms with E-state index in [4.69, 9.17) is 0 Å². The molecular weight excluding hydrogens is 283 g/mol. The van der Waals surface area contributed by atoms with Crippen LogP contribution in [0.4, 0.5) is 13.2 Å². The van der Waals surface area contributed by atoms with Crippen molar-refractivity contribution in [3.8, 4) is 0 Å². The van der Waals surface area contributed by atoms with Gasteiger partial charge in [0.1, 0.15) is 0 Å². The van der Waals surface area contributed by atoms with E-state index in [9.17, 15) is 23.1 Å². The number of carbonyl (C=O) groups excluding carboxylic acids is 1. The average molecular weight is 307 g/mol. The van der Waals surface area contributed by atoms with Crippen molar-refractivity contribution in [3.05, 3.63) is 0 Å². The molecule has 0 aromatic rings. The molecule has 2 fully saturated rings. The predicted molar refractivity (Wildman–Crippen MR) is 72.5 cm³/mol. The molecule has 0 bridgehead atoms.